The van der Waals surface area contributed by atoms with E-state index in [0.717, 1.165) is 31.2 Å². The molecule has 0 amide bonds. The number of hydrogen-bond acceptors (Lipinski definition) is 4. The van der Waals surface area contributed by atoms with Crippen LogP contribution in [0, 0.1) is 0 Å². The predicted molar refractivity (Wildman–Crippen MR) is 85.1 cm³/mol. The smallest absolute Gasteiger partial charge is 0.273 e. The number of aromatic nitrogens is 3. The fourth-order valence-electron chi connectivity index (χ4n) is 3.43. The lowest BCUT2D eigenvalue weighted by molar-refractivity contribution is 0.626. The average Bonchev–Trinajstić information content (AvgIpc) is 2.54. The Labute approximate surface area is 132 Å². The molecule has 2 aromatic rings. The number of fused-ring (bicyclic) bond motifs is 1. The molecule has 2 N–H and O–H groups in total. The van der Waals surface area contributed by atoms with E-state index in [1.165, 1.54) is 11.3 Å². The second kappa shape index (κ2) is 5.25. The first kappa shape index (κ1) is 13.5. The van der Waals surface area contributed by atoms with Crippen molar-refractivity contribution in [1.29, 1.82) is 0 Å². The van der Waals surface area contributed by atoms with Crippen LogP contribution in [-0.4, -0.2) is 15.4 Å². The summed E-state index contributed by atoms with van der Waals surface area (Å²) in [5, 5.41) is 14.2. The van der Waals surface area contributed by atoms with Gasteiger partial charge in [0.05, 0.1) is 5.56 Å². The Hall–Kier alpha value is -2.14. The summed E-state index contributed by atoms with van der Waals surface area (Å²) in [6.07, 6.45) is 4.30. The van der Waals surface area contributed by atoms with Gasteiger partial charge < -0.3 is 5.32 Å². The number of nitrogens with zero attached hydrogens (tertiary/aromatic N) is 2. The number of hydrogen-bond donors (Lipinski definition) is 2. The summed E-state index contributed by atoms with van der Waals surface area (Å²) in [6.45, 7) is 0. The average molecular weight is 315 g/mol. The van der Waals surface area contributed by atoms with Crippen LogP contribution < -0.4 is 10.9 Å². The third-order valence-corrected chi connectivity index (χ3v) is 4.67. The van der Waals surface area contributed by atoms with Gasteiger partial charge in [0, 0.05) is 16.6 Å². The number of H-pyrrole nitrogens is 1. The number of benzene rings is 1. The van der Waals surface area contributed by atoms with Gasteiger partial charge in [-0.25, -0.2) is 5.10 Å². The lowest BCUT2D eigenvalue weighted by atomic mass is 9.77. The molecule has 1 aromatic carbocycles. The van der Waals surface area contributed by atoms with Crippen LogP contribution in [0.1, 0.15) is 42.7 Å². The van der Waals surface area contributed by atoms with E-state index in [4.69, 9.17) is 11.6 Å². The first-order chi connectivity index (χ1) is 10.7. The molecule has 0 saturated carbocycles. The Bertz CT molecular complexity index is 810. The third kappa shape index (κ3) is 2.13. The molecule has 22 heavy (non-hydrogen) atoms. The second-order valence-corrected chi connectivity index (χ2v) is 6.16. The molecule has 112 valence electrons. The second-order valence-electron chi connectivity index (χ2n) is 5.72. The van der Waals surface area contributed by atoms with Gasteiger partial charge in [0.25, 0.3) is 5.56 Å². The SMILES string of the molecule is O=c1[nH]nnc2c1C(c1ccc(Cl)cc1)C1=C(CCCC1)N2. The van der Waals surface area contributed by atoms with Crippen LogP contribution in [0.2, 0.25) is 5.02 Å². The maximum Gasteiger partial charge on any atom is 0.273 e. The molecule has 4 rings (SSSR count). The first-order valence-electron chi connectivity index (χ1n) is 7.43. The molecule has 1 unspecified atom stereocenters. The van der Waals surface area contributed by atoms with Crippen molar-refractivity contribution in [2.24, 2.45) is 0 Å². The Morgan fingerprint density at radius 2 is 1.91 bits per heavy atom. The fourth-order valence-corrected chi connectivity index (χ4v) is 3.56. The van der Waals surface area contributed by atoms with Crippen LogP contribution in [0.3, 0.4) is 0 Å². The molecule has 0 saturated heterocycles. The van der Waals surface area contributed by atoms with Gasteiger partial charge in [-0.2, -0.15) is 0 Å². The van der Waals surface area contributed by atoms with Crippen LogP contribution in [-0.2, 0) is 0 Å². The van der Waals surface area contributed by atoms with Gasteiger partial charge in [0.2, 0.25) is 0 Å². The molecule has 0 bridgehead atoms. The molecule has 6 heteroatoms. The van der Waals surface area contributed by atoms with Crippen molar-refractivity contribution >= 4 is 17.4 Å². The highest BCUT2D eigenvalue weighted by Gasteiger charge is 2.33. The molecule has 1 aliphatic carbocycles. The molecule has 0 fully saturated rings. The van der Waals surface area contributed by atoms with E-state index < -0.39 is 0 Å². The predicted octanol–water partition coefficient (Wildman–Crippen LogP) is 3.20. The van der Waals surface area contributed by atoms with Crippen LogP contribution in [0.25, 0.3) is 0 Å². The lowest BCUT2D eigenvalue weighted by Crippen LogP contribution is -2.29. The van der Waals surface area contributed by atoms with E-state index in [0.29, 0.717) is 16.4 Å². The van der Waals surface area contributed by atoms with Crippen LogP contribution in [0.4, 0.5) is 5.82 Å². The Kier molecular flexibility index (Phi) is 3.22. The molecule has 2 heterocycles. The van der Waals surface area contributed by atoms with Crippen molar-refractivity contribution in [3.05, 3.63) is 62.0 Å². The molecular formula is C16H15ClN4O. The van der Waals surface area contributed by atoms with E-state index >= 15 is 0 Å². The van der Waals surface area contributed by atoms with Crippen molar-refractivity contribution in [3.8, 4) is 0 Å². The van der Waals surface area contributed by atoms with E-state index in [9.17, 15) is 4.79 Å². The highest BCUT2D eigenvalue weighted by atomic mass is 35.5. The molecule has 1 aliphatic heterocycles. The van der Waals surface area contributed by atoms with Crippen molar-refractivity contribution in [3.63, 3.8) is 0 Å². The van der Waals surface area contributed by atoms with Crippen molar-refractivity contribution in [1.82, 2.24) is 15.4 Å². The number of halogens is 1. The van der Waals surface area contributed by atoms with Crippen LogP contribution >= 0.6 is 11.6 Å². The van der Waals surface area contributed by atoms with Gasteiger partial charge in [0.1, 0.15) is 0 Å². The minimum absolute atomic E-state index is 0.0666. The fraction of sp³-hybridized carbons (Fsp3) is 0.312. The van der Waals surface area contributed by atoms with Crippen LogP contribution in [0.5, 0.6) is 0 Å². The summed E-state index contributed by atoms with van der Waals surface area (Å²) in [7, 11) is 0. The minimum Gasteiger partial charge on any atom is -0.342 e. The number of nitrogens with one attached hydrogen (secondary N) is 2. The van der Waals surface area contributed by atoms with Gasteiger partial charge >= 0.3 is 0 Å². The molecule has 5 nitrogen and oxygen atoms in total. The monoisotopic (exact) mass is 314 g/mol. The summed E-state index contributed by atoms with van der Waals surface area (Å²) in [6, 6.07) is 7.71. The van der Waals surface area contributed by atoms with E-state index in [2.05, 4.69) is 20.7 Å². The van der Waals surface area contributed by atoms with Crippen molar-refractivity contribution in [2.45, 2.75) is 31.6 Å². The molecule has 0 spiro atoms. The Morgan fingerprint density at radius 3 is 2.73 bits per heavy atom. The van der Waals surface area contributed by atoms with Crippen LogP contribution in [0.15, 0.2) is 40.3 Å². The number of rotatable bonds is 1. The maximum atomic E-state index is 12.3. The molecular weight excluding hydrogens is 300 g/mol. The zero-order valence-corrected chi connectivity index (χ0v) is 12.7. The summed E-state index contributed by atoms with van der Waals surface area (Å²) >= 11 is 6.00. The minimum atomic E-state index is -0.186. The quantitative estimate of drug-likeness (QED) is 0.848. The zero-order chi connectivity index (χ0) is 15.1. The van der Waals surface area contributed by atoms with Crippen molar-refractivity contribution < 1.29 is 0 Å². The Balaban J connectivity index is 1.94. The summed E-state index contributed by atoms with van der Waals surface area (Å²) in [5.74, 6) is 0.507. The van der Waals surface area contributed by atoms with Gasteiger partial charge in [-0.1, -0.05) is 28.9 Å². The highest BCUT2D eigenvalue weighted by molar-refractivity contribution is 6.30. The normalized spacial score (nSPS) is 20.1. The highest BCUT2D eigenvalue weighted by Crippen LogP contribution is 2.44. The third-order valence-electron chi connectivity index (χ3n) is 4.42. The number of anilines is 1. The Morgan fingerprint density at radius 1 is 1.14 bits per heavy atom. The standard InChI is InChI=1S/C16H15ClN4O/c17-10-7-5-9(6-8-10)13-11-3-1-2-4-12(11)18-15-14(13)16(22)20-21-19-15/h5-8,13H,1-4H2,(H2,18,19,20,22). The largest absolute Gasteiger partial charge is 0.342 e. The first-order valence-corrected chi connectivity index (χ1v) is 7.81. The zero-order valence-electron chi connectivity index (χ0n) is 11.9. The summed E-state index contributed by atoms with van der Waals surface area (Å²) in [5.41, 5.74) is 4.02. The molecule has 2 aliphatic rings. The molecule has 0 radical (unpaired) electrons. The lowest BCUT2D eigenvalue weighted by Gasteiger charge is -2.33. The van der Waals surface area contributed by atoms with Gasteiger partial charge in [-0.15, -0.1) is 5.10 Å². The topological polar surface area (TPSA) is 70.7 Å². The number of aromatic amines is 1. The van der Waals surface area contributed by atoms with E-state index in [1.807, 2.05) is 24.3 Å². The van der Waals surface area contributed by atoms with Crippen molar-refractivity contribution in [2.75, 3.05) is 5.32 Å². The molecule has 1 aromatic heterocycles. The van der Waals surface area contributed by atoms with Gasteiger partial charge in [-0.05, 0) is 49.0 Å². The summed E-state index contributed by atoms with van der Waals surface area (Å²) < 4.78 is 0. The summed E-state index contributed by atoms with van der Waals surface area (Å²) in [4.78, 5) is 12.3. The van der Waals surface area contributed by atoms with E-state index in [1.54, 1.807) is 0 Å². The number of allylic oxidation sites excluding steroid dienone is 2. The molecule has 1 atom stereocenters. The maximum absolute atomic E-state index is 12.3. The van der Waals surface area contributed by atoms with Gasteiger partial charge in [-0.3, -0.25) is 4.79 Å². The van der Waals surface area contributed by atoms with E-state index in [-0.39, 0.29) is 11.5 Å². The van der Waals surface area contributed by atoms with Gasteiger partial charge in [0.15, 0.2) is 5.82 Å².